The Morgan fingerprint density at radius 3 is 2.33 bits per heavy atom. The van der Waals surface area contributed by atoms with E-state index in [1.807, 2.05) is 31.2 Å². The predicted molar refractivity (Wildman–Crippen MR) is 117 cm³/mol. The lowest BCUT2D eigenvalue weighted by Crippen LogP contribution is -2.13. The van der Waals surface area contributed by atoms with Gasteiger partial charge in [0.05, 0.1) is 15.5 Å². The SMILES string of the molecule is Cc1ccc(-c2sc(NC(=O)c3ccccn3)nc2-c2ccc([N+](=O)[O-])cc2)cc1. The normalized spacial score (nSPS) is 10.6. The van der Waals surface area contributed by atoms with Crippen LogP contribution in [0.2, 0.25) is 0 Å². The molecule has 0 aliphatic heterocycles. The fraction of sp³-hybridized carbons (Fsp3) is 0.0455. The minimum atomic E-state index is -0.440. The van der Waals surface area contributed by atoms with Gasteiger partial charge in [-0.3, -0.25) is 25.2 Å². The van der Waals surface area contributed by atoms with Gasteiger partial charge in [0.2, 0.25) is 0 Å². The van der Waals surface area contributed by atoms with Crippen molar-refractivity contribution in [2.24, 2.45) is 0 Å². The van der Waals surface area contributed by atoms with Crippen LogP contribution in [-0.4, -0.2) is 20.8 Å². The van der Waals surface area contributed by atoms with Gasteiger partial charge in [-0.15, -0.1) is 0 Å². The zero-order valence-corrected chi connectivity index (χ0v) is 16.7. The van der Waals surface area contributed by atoms with E-state index in [0.717, 1.165) is 21.6 Å². The maximum absolute atomic E-state index is 12.5. The summed E-state index contributed by atoms with van der Waals surface area (Å²) in [5, 5.41) is 14.2. The Morgan fingerprint density at radius 1 is 1.00 bits per heavy atom. The molecule has 2 aromatic carbocycles. The number of nitrogens with zero attached hydrogens (tertiary/aromatic N) is 3. The highest BCUT2D eigenvalue weighted by Gasteiger charge is 2.18. The highest BCUT2D eigenvalue weighted by atomic mass is 32.1. The first-order valence-corrected chi connectivity index (χ1v) is 9.88. The highest BCUT2D eigenvalue weighted by Crippen LogP contribution is 2.39. The van der Waals surface area contributed by atoms with Crippen LogP contribution in [0.25, 0.3) is 21.7 Å². The molecule has 0 saturated carbocycles. The molecule has 4 rings (SSSR count). The van der Waals surface area contributed by atoms with Crippen molar-refractivity contribution < 1.29 is 9.72 Å². The molecule has 0 bridgehead atoms. The molecule has 0 aliphatic carbocycles. The van der Waals surface area contributed by atoms with Gasteiger partial charge in [-0.25, -0.2) is 4.98 Å². The molecule has 2 heterocycles. The lowest BCUT2D eigenvalue weighted by atomic mass is 10.1. The first-order valence-electron chi connectivity index (χ1n) is 9.06. The summed E-state index contributed by atoms with van der Waals surface area (Å²) >= 11 is 1.34. The Labute approximate surface area is 176 Å². The quantitative estimate of drug-likeness (QED) is 0.350. The maximum atomic E-state index is 12.5. The number of anilines is 1. The molecule has 0 fully saturated rings. The lowest BCUT2D eigenvalue weighted by molar-refractivity contribution is -0.384. The van der Waals surface area contributed by atoms with Gasteiger partial charge >= 0.3 is 0 Å². The van der Waals surface area contributed by atoms with Crippen LogP contribution in [-0.2, 0) is 0 Å². The highest BCUT2D eigenvalue weighted by molar-refractivity contribution is 7.19. The van der Waals surface area contributed by atoms with Crippen LogP contribution in [0.15, 0.2) is 72.9 Å². The van der Waals surface area contributed by atoms with Gasteiger partial charge in [0.25, 0.3) is 11.6 Å². The summed E-state index contributed by atoms with van der Waals surface area (Å²) in [6.45, 7) is 2.01. The van der Waals surface area contributed by atoms with Crippen molar-refractivity contribution in [1.29, 1.82) is 0 Å². The number of carbonyl (C=O) groups excluding carboxylic acids is 1. The molecule has 4 aromatic rings. The van der Waals surface area contributed by atoms with Crippen molar-refractivity contribution >= 4 is 28.1 Å². The summed E-state index contributed by atoms with van der Waals surface area (Å²) in [5.41, 5.74) is 3.76. The van der Waals surface area contributed by atoms with E-state index < -0.39 is 4.92 Å². The van der Waals surface area contributed by atoms with Crippen molar-refractivity contribution in [2.75, 3.05) is 5.32 Å². The van der Waals surface area contributed by atoms with Gasteiger partial charge in [0.15, 0.2) is 5.13 Å². The van der Waals surface area contributed by atoms with Crippen molar-refractivity contribution in [2.45, 2.75) is 6.92 Å². The fourth-order valence-electron chi connectivity index (χ4n) is 2.87. The van der Waals surface area contributed by atoms with Gasteiger partial charge in [-0.1, -0.05) is 47.2 Å². The number of thiazole rings is 1. The van der Waals surface area contributed by atoms with E-state index in [1.165, 1.54) is 23.5 Å². The third kappa shape index (κ3) is 4.08. The van der Waals surface area contributed by atoms with E-state index >= 15 is 0 Å². The molecule has 1 amide bonds. The number of hydrogen-bond donors (Lipinski definition) is 1. The summed E-state index contributed by atoms with van der Waals surface area (Å²) in [4.78, 5) is 32.5. The standard InChI is InChI=1S/C22H16N4O3S/c1-14-5-7-16(8-6-14)20-19(15-9-11-17(12-10-15)26(28)29)24-22(30-20)25-21(27)18-4-2-3-13-23-18/h2-13H,1H3,(H,24,25,27). The van der Waals surface area contributed by atoms with E-state index in [1.54, 1.807) is 36.5 Å². The Hall–Kier alpha value is -3.91. The first kappa shape index (κ1) is 19.4. The second-order valence-corrected chi connectivity index (χ2v) is 7.53. The van der Waals surface area contributed by atoms with Crippen molar-refractivity contribution in [3.05, 3.63) is 94.3 Å². The zero-order chi connectivity index (χ0) is 21.1. The second-order valence-electron chi connectivity index (χ2n) is 6.54. The van der Waals surface area contributed by atoms with Crippen LogP contribution in [0, 0.1) is 17.0 Å². The van der Waals surface area contributed by atoms with Gasteiger partial charge < -0.3 is 0 Å². The third-order valence-electron chi connectivity index (χ3n) is 4.41. The summed E-state index contributed by atoms with van der Waals surface area (Å²) < 4.78 is 0. The number of amides is 1. The van der Waals surface area contributed by atoms with E-state index in [2.05, 4.69) is 15.3 Å². The molecule has 8 heteroatoms. The van der Waals surface area contributed by atoms with Crippen LogP contribution in [0.5, 0.6) is 0 Å². The Kier molecular flexibility index (Phi) is 5.32. The summed E-state index contributed by atoms with van der Waals surface area (Å²) in [7, 11) is 0. The molecule has 2 aromatic heterocycles. The van der Waals surface area contributed by atoms with Crippen LogP contribution in [0.4, 0.5) is 10.8 Å². The number of aromatic nitrogens is 2. The number of nitro benzene ring substituents is 1. The fourth-order valence-corrected chi connectivity index (χ4v) is 3.86. The van der Waals surface area contributed by atoms with Crippen molar-refractivity contribution in [1.82, 2.24) is 9.97 Å². The molecular formula is C22H16N4O3S. The number of pyridine rings is 1. The Balaban J connectivity index is 1.74. The number of benzene rings is 2. The maximum Gasteiger partial charge on any atom is 0.276 e. The minimum Gasteiger partial charge on any atom is -0.296 e. The number of nitrogens with one attached hydrogen (secondary N) is 1. The average molecular weight is 416 g/mol. The second kappa shape index (κ2) is 8.22. The molecule has 0 unspecified atom stereocenters. The zero-order valence-electron chi connectivity index (χ0n) is 15.9. The Morgan fingerprint density at radius 2 is 1.70 bits per heavy atom. The smallest absolute Gasteiger partial charge is 0.276 e. The molecule has 0 spiro atoms. The van der Waals surface area contributed by atoms with Crippen molar-refractivity contribution in [3.63, 3.8) is 0 Å². The first-order chi connectivity index (χ1) is 14.5. The summed E-state index contributed by atoms with van der Waals surface area (Å²) in [5.74, 6) is -0.352. The predicted octanol–water partition coefficient (Wildman–Crippen LogP) is 5.34. The summed E-state index contributed by atoms with van der Waals surface area (Å²) in [6.07, 6.45) is 1.55. The van der Waals surface area contributed by atoms with Crippen LogP contribution >= 0.6 is 11.3 Å². The molecule has 7 nitrogen and oxygen atoms in total. The average Bonchev–Trinajstić information content (AvgIpc) is 3.18. The van der Waals surface area contributed by atoms with Gasteiger partial charge in [0, 0.05) is 23.9 Å². The van der Waals surface area contributed by atoms with E-state index in [-0.39, 0.29) is 11.6 Å². The van der Waals surface area contributed by atoms with Gasteiger partial charge in [-0.05, 0) is 36.8 Å². The lowest BCUT2D eigenvalue weighted by Gasteiger charge is -2.03. The molecule has 30 heavy (non-hydrogen) atoms. The van der Waals surface area contributed by atoms with E-state index in [4.69, 9.17) is 0 Å². The molecule has 1 N–H and O–H groups in total. The van der Waals surface area contributed by atoms with Crippen molar-refractivity contribution in [3.8, 4) is 21.7 Å². The third-order valence-corrected chi connectivity index (χ3v) is 5.43. The number of nitro groups is 1. The van der Waals surface area contributed by atoms with E-state index in [9.17, 15) is 14.9 Å². The largest absolute Gasteiger partial charge is 0.296 e. The monoisotopic (exact) mass is 416 g/mol. The van der Waals surface area contributed by atoms with E-state index in [0.29, 0.717) is 16.5 Å². The number of rotatable bonds is 5. The number of hydrogen-bond acceptors (Lipinski definition) is 6. The molecule has 0 saturated heterocycles. The molecule has 0 radical (unpaired) electrons. The molecule has 148 valence electrons. The minimum absolute atomic E-state index is 0.00884. The topological polar surface area (TPSA) is 98.0 Å². The number of carbonyl (C=O) groups is 1. The van der Waals surface area contributed by atoms with Crippen LogP contribution in [0.1, 0.15) is 16.1 Å². The van der Waals surface area contributed by atoms with Crippen LogP contribution < -0.4 is 5.32 Å². The molecular weight excluding hydrogens is 400 g/mol. The van der Waals surface area contributed by atoms with Gasteiger partial charge in [-0.2, -0.15) is 0 Å². The number of aryl methyl sites for hydroxylation is 1. The number of non-ortho nitro benzene ring substituents is 1. The van der Waals surface area contributed by atoms with Gasteiger partial charge in [0.1, 0.15) is 5.69 Å². The molecule has 0 atom stereocenters. The van der Waals surface area contributed by atoms with Crippen LogP contribution in [0.3, 0.4) is 0 Å². The summed E-state index contributed by atoms with van der Waals surface area (Å²) in [6, 6.07) is 19.3. The Bertz CT molecular complexity index is 1200. The molecule has 0 aliphatic rings.